The summed E-state index contributed by atoms with van der Waals surface area (Å²) in [6.07, 6.45) is 3.18. The van der Waals surface area contributed by atoms with Crippen molar-refractivity contribution in [1.82, 2.24) is 4.90 Å². The van der Waals surface area contributed by atoms with Crippen LogP contribution in [0.4, 0.5) is 5.69 Å². The second-order valence-corrected chi connectivity index (χ2v) is 7.21. The van der Waals surface area contributed by atoms with Gasteiger partial charge in [-0.25, -0.2) is 0 Å². The van der Waals surface area contributed by atoms with Crippen LogP contribution in [0.3, 0.4) is 0 Å². The van der Waals surface area contributed by atoms with E-state index in [-0.39, 0.29) is 6.29 Å². The van der Waals surface area contributed by atoms with E-state index in [4.69, 9.17) is 9.47 Å². The fourth-order valence-electron chi connectivity index (χ4n) is 3.64. The lowest BCUT2D eigenvalue weighted by Gasteiger charge is -2.45. The molecule has 0 aromatic heterocycles. The van der Waals surface area contributed by atoms with Crippen LogP contribution >= 0.6 is 15.9 Å². The fourth-order valence-corrected chi connectivity index (χ4v) is 4.05. The molecule has 3 heterocycles. The summed E-state index contributed by atoms with van der Waals surface area (Å²) in [6.45, 7) is 3.70. The zero-order chi connectivity index (χ0) is 15.5. The first-order valence-electron chi connectivity index (χ1n) is 8.02. The first-order chi connectivity index (χ1) is 10.7. The maximum atomic E-state index is 5.36. The van der Waals surface area contributed by atoms with Crippen LogP contribution in [0, 0.1) is 5.92 Å². The maximum Gasteiger partial charge on any atom is 0.160 e. The third kappa shape index (κ3) is 3.65. The number of rotatable bonds is 6. The molecule has 2 bridgehead atoms. The number of halogens is 1. The molecule has 4 nitrogen and oxygen atoms in total. The molecule has 1 aromatic carbocycles. The topological polar surface area (TPSA) is 33.7 Å². The smallest absolute Gasteiger partial charge is 0.160 e. The van der Waals surface area contributed by atoms with E-state index in [0.29, 0.717) is 6.04 Å². The number of benzene rings is 1. The van der Waals surface area contributed by atoms with E-state index in [1.165, 1.54) is 37.2 Å². The predicted molar refractivity (Wildman–Crippen MR) is 92.2 cm³/mol. The molecule has 0 amide bonds. The third-order valence-corrected chi connectivity index (χ3v) is 5.47. The van der Waals surface area contributed by atoms with Crippen LogP contribution in [0.25, 0.3) is 0 Å². The minimum absolute atomic E-state index is 0.207. The van der Waals surface area contributed by atoms with Crippen molar-refractivity contribution in [1.29, 1.82) is 0 Å². The fraction of sp³-hybridized carbons (Fsp3) is 0.647. The van der Waals surface area contributed by atoms with Gasteiger partial charge in [0.15, 0.2) is 6.29 Å². The second-order valence-electron chi connectivity index (χ2n) is 6.30. The van der Waals surface area contributed by atoms with Gasteiger partial charge >= 0.3 is 0 Å². The molecule has 0 radical (unpaired) electrons. The molecule has 3 saturated heterocycles. The first-order valence-corrected chi connectivity index (χ1v) is 8.82. The van der Waals surface area contributed by atoms with Crippen molar-refractivity contribution in [2.24, 2.45) is 5.92 Å². The SMILES string of the molecule is COC(Cc1cc(Br)ccc1NC1CN2CCC1CC2)OC. The van der Waals surface area contributed by atoms with E-state index in [1.807, 2.05) is 0 Å². The number of fused-ring (bicyclic) bond motifs is 3. The highest BCUT2D eigenvalue weighted by molar-refractivity contribution is 9.10. The lowest BCUT2D eigenvalue weighted by Crippen LogP contribution is -2.53. The maximum absolute atomic E-state index is 5.36. The lowest BCUT2D eigenvalue weighted by molar-refractivity contribution is -0.100. The largest absolute Gasteiger partial charge is 0.381 e. The average molecular weight is 369 g/mol. The number of hydrogen-bond acceptors (Lipinski definition) is 4. The molecule has 1 atom stereocenters. The van der Waals surface area contributed by atoms with Gasteiger partial charge in [0.2, 0.25) is 0 Å². The van der Waals surface area contributed by atoms with Crippen LogP contribution in [-0.2, 0) is 15.9 Å². The second kappa shape index (κ2) is 7.30. The van der Waals surface area contributed by atoms with Crippen molar-refractivity contribution in [3.05, 3.63) is 28.2 Å². The summed E-state index contributed by atoms with van der Waals surface area (Å²) >= 11 is 3.57. The van der Waals surface area contributed by atoms with Crippen molar-refractivity contribution in [3.8, 4) is 0 Å². The zero-order valence-electron chi connectivity index (χ0n) is 13.3. The molecule has 122 valence electrons. The Bertz CT molecular complexity index is 499. The Morgan fingerprint density at radius 2 is 2.00 bits per heavy atom. The van der Waals surface area contributed by atoms with E-state index in [9.17, 15) is 0 Å². The summed E-state index contributed by atoms with van der Waals surface area (Å²) in [5.41, 5.74) is 2.44. The van der Waals surface area contributed by atoms with Crippen molar-refractivity contribution in [2.45, 2.75) is 31.6 Å². The molecule has 3 fully saturated rings. The number of hydrogen-bond donors (Lipinski definition) is 1. The molecule has 5 heteroatoms. The van der Waals surface area contributed by atoms with Gasteiger partial charge in [-0.3, -0.25) is 0 Å². The normalized spacial score (nSPS) is 27.4. The summed E-state index contributed by atoms with van der Waals surface area (Å²) in [5.74, 6) is 0.808. The number of piperidine rings is 3. The Balaban J connectivity index is 1.75. The Morgan fingerprint density at radius 3 is 2.59 bits per heavy atom. The summed E-state index contributed by atoms with van der Waals surface area (Å²) < 4.78 is 11.8. The molecule has 0 spiro atoms. The number of ether oxygens (including phenoxy) is 2. The summed E-state index contributed by atoms with van der Waals surface area (Å²) in [4.78, 5) is 2.57. The lowest BCUT2D eigenvalue weighted by atomic mass is 9.84. The van der Waals surface area contributed by atoms with Crippen LogP contribution < -0.4 is 5.32 Å². The summed E-state index contributed by atoms with van der Waals surface area (Å²) in [6, 6.07) is 6.99. The van der Waals surface area contributed by atoms with Crippen molar-refractivity contribution in [3.63, 3.8) is 0 Å². The van der Waals surface area contributed by atoms with Gasteiger partial charge in [0.05, 0.1) is 0 Å². The minimum Gasteiger partial charge on any atom is -0.381 e. The van der Waals surface area contributed by atoms with E-state index in [1.54, 1.807) is 14.2 Å². The van der Waals surface area contributed by atoms with Gasteiger partial charge in [0.25, 0.3) is 0 Å². The number of anilines is 1. The third-order valence-electron chi connectivity index (χ3n) is 4.98. The first kappa shape index (κ1) is 16.2. The number of methoxy groups -OCH3 is 2. The highest BCUT2D eigenvalue weighted by atomic mass is 79.9. The van der Waals surface area contributed by atoms with Crippen LogP contribution in [0.1, 0.15) is 18.4 Å². The summed E-state index contributed by atoms with van der Waals surface area (Å²) in [7, 11) is 3.37. The van der Waals surface area contributed by atoms with Crippen LogP contribution in [-0.4, -0.2) is 51.1 Å². The Labute approximate surface area is 141 Å². The van der Waals surface area contributed by atoms with Gasteiger partial charge in [0.1, 0.15) is 0 Å². The van der Waals surface area contributed by atoms with E-state index >= 15 is 0 Å². The predicted octanol–water partition coefficient (Wildman–Crippen LogP) is 3.12. The number of nitrogens with one attached hydrogen (secondary N) is 1. The monoisotopic (exact) mass is 368 g/mol. The molecular weight excluding hydrogens is 344 g/mol. The van der Waals surface area contributed by atoms with Gasteiger partial charge < -0.3 is 19.7 Å². The molecule has 1 unspecified atom stereocenters. The van der Waals surface area contributed by atoms with Gasteiger partial charge in [0, 0.05) is 43.4 Å². The molecule has 0 saturated carbocycles. The van der Waals surface area contributed by atoms with Gasteiger partial charge in [-0.1, -0.05) is 15.9 Å². The van der Waals surface area contributed by atoms with Crippen molar-refractivity contribution < 1.29 is 9.47 Å². The van der Waals surface area contributed by atoms with Crippen LogP contribution in [0.2, 0.25) is 0 Å². The van der Waals surface area contributed by atoms with Crippen LogP contribution in [0.15, 0.2) is 22.7 Å². The molecule has 3 aliphatic heterocycles. The quantitative estimate of drug-likeness (QED) is 0.782. The molecular formula is C17H25BrN2O2. The number of nitrogens with zero attached hydrogens (tertiary/aromatic N) is 1. The Hall–Kier alpha value is -0.620. The highest BCUT2D eigenvalue weighted by Gasteiger charge is 2.34. The van der Waals surface area contributed by atoms with E-state index < -0.39 is 0 Å². The van der Waals surface area contributed by atoms with Crippen molar-refractivity contribution in [2.75, 3.05) is 39.2 Å². The Kier molecular flexibility index (Phi) is 5.39. The Morgan fingerprint density at radius 1 is 1.27 bits per heavy atom. The molecule has 0 aliphatic carbocycles. The van der Waals surface area contributed by atoms with Gasteiger partial charge in [-0.05, 0) is 55.6 Å². The van der Waals surface area contributed by atoms with Crippen LogP contribution in [0.5, 0.6) is 0 Å². The van der Waals surface area contributed by atoms with E-state index in [0.717, 1.165) is 23.4 Å². The molecule has 22 heavy (non-hydrogen) atoms. The molecule has 1 N–H and O–H groups in total. The molecule has 1 aromatic rings. The zero-order valence-corrected chi connectivity index (χ0v) is 14.9. The average Bonchev–Trinajstić information content (AvgIpc) is 2.56. The summed E-state index contributed by atoms with van der Waals surface area (Å²) in [5, 5.41) is 3.79. The van der Waals surface area contributed by atoms with Crippen molar-refractivity contribution >= 4 is 21.6 Å². The molecule has 4 rings (SSSR count). The van der Waals surface area contributed by atoms with Gasteiger partial charge in [-0.15, -0.1) is 0 Å². The van der Waals surface area contributed by atoms with E-state index in [2.05, 4.69) is 44.3 Å². The molecule has 3 aliphatic rings. The van der Waals surface area contributed by atoms with Gasteiger partial charge in [-0.2, -0.15) is 0 Å². The highest BCUT2D eigenvalue weighted by Crippen LogP contribution is 2.31. The minimum atomic E-state index is -0.207. The standard InChI is InChI=1S/C17H25BrN2O2/c1-21-17(22-2)10-13-9-14(18)3-4-15(13)19-16-11-20-7-5-12(16)6-8-20/h3-4,9,12,16-17,19H,5-8,10-11H2,1-2H3.